The first-order chi connectivity index (χ1) is 13.0. The first kappa shape index (κ1) is 19.6. The summed E-state index contributed by atoms with van der Waals surface area (Å²) in [6, 6.07) is 6.49. The summed E-state index contributed by atoms with van der Waals surface area (Å²) in [5.74, 6) is -1.31. The van der Waals surface area contributed by atoms with E-state index in [4.69, 9.17) is 24.6 Å². The van der Waals surface area contributed by atoms with Gasteiger partial charge in [-0.15, -0.1) is 0 Å². The molecule has 0 aliphatic rings. The van der Waals surface area contributed by atoms with Crippen molar-refractivity contribution in [2.24, 2.45) is 0 Å². The van der Waals surface area contributed by atoms with E-state index in [-0.39, 0.29) is 27.2 Å². The second-order valence-corrected chi connectivity index (χ2v) is 7.91. The van der Waals surface area contributed by atoms with Gasteiger partial charge in [-0.2, -0.15) is 4.72 Å². The molecule has 0 saturated carbocycles. The zero-order valence-corrected chi connectivity index (χ0v) is 16.6. The van der Waals surface area contributed by atoms with Crippen molar-refractivity contribution in [2.45, 2.75) is 17.9 Å². The third-order valence-electron chi connectivity index (χ3n) is 3.39. The van der Waals surface area contributed by atoms with E-state index in [9.17, 15) is 18.0 Å². The van der Waals surface area contributed by atoms with Gasteiger partial charge in [-0.3, -0.25) is 9.59 Å². The number of carbonyl (C=O) groups excluding carboxylic acids is 2. The van der Waals surface area contributed by atoms with E-state index in [0.717, 1.165) is 13.2 Å². The summed E-state index contributed by atoms with van der Waals surface area (Å²) in [7, 11) is -3.01. The second kappa shape index (κ2) is 8.71. The number of ether oxygens (including phenoxy) is 1. The maximum atomic E-state index is 12.4. The molecule has 0 spiro atoms. The number of amides is 1. The molecular formula is C17H16Cl2N2O5S. The van der Waals surface area contributed by atoms with Crippen molar-refractivity contribution in [3.05, 3.63) is 58.0 Å². The van der Waals surface area contributed by atoms with Crippen LogP contribution in [0.1, 0.15) is 18.7 Å². The number of methoxy groups -OCH3 is 1. The molecule has 0 saturated heterocycles. The van der Waals surface area contributed by atoms with Gasteiger partial charge in [0.15, 0.2) is 0 Å². The molecule has 10 heteroatoms. The third-order valence-corrected chi connectivity index (χ3v) is 5.44. The Bertz CT molecular complexity index is 1030. The van der Waals surface area contributed by atoms with Crippen LogP contribution in [0.3, 0.4) is 0 Å². The van der Waals surface area contributed by atoms with E-state index in [1.807, 2.05) is 0 Å². The standard InChI is InChI=1S/C17H16Cl2N2O5S/c1-10(17(23)26-2)21-27(24,25)13-6-4-12(5-7-13)20-16(22)14-8-3-11(18)9-15(14)19/h3-10,21H,1-2H3,(H,20,22)/t10-/m0/s1/i6D. The van der Waals surface area contributed by atoms with Crippen molar-refractivity contribution in [1.29, 1.82) is 0 Å². The lowest BCUT2D eigenvalue weighted by atomic mass is 10.2. The Balaban J connectivity index is 2.22. The van der Waals surface area contributed by atoms with Crippen LogP contribution >= 0.6 is 23.2 Å². The lowest BCUT2D eigenvalue weighted by molar-refractivity contribution is -0.142. The molecular weight excluding hydrogens is 415 g/mol. The number of hydrogen-bond acceptors (Lipinski definition) is 5. The van der Waals surface area contributed by atoms with E-state index in [0.29, 0.717) is 5.02 Å². The number of halogens is 2. The number of rotatable bonds is 6. The molecule has 7 nitrogen and oxygen atoms in total. The minimum atomic E-state index is -4.14. The highest BCUT2D eigenvalue weighted by Crippen LogP contribution is 2.22. The molecule has 0 aliphatic carbocycles. The molecule has 0 aromatic heterocycles. The highest BCUT2D eigenvalue weighted by molar-refractivity contribution is 7.89. The summed E-state index contributed by atoms with van der Waals surface area (Å²) >= 11 is 11.8. The van der Waals surface area contributed by atoms with Crippen LogP contribution in [-0.4, -0.2) is 33.4 Å². The monoisotopic (exact) mass is 431 g/mol. The van der Waals surface area contributed by atoms with Gasteiger partial charge in [-0.05, 0) is 49.4 Å². The Hall–Kier alpha value is -2.13. The molecule has 1 amide bonds. The van der Waals surface area contributed by atoms with Crippen LogP contribution < -0.4 is 10.0 Å². The molecule has 2 aromatic rings. The van der Waals surface area contributed by atoms with Crippen LogP contribution in [0.4, 0.5) is 5.69 Å². The second-order valence-electron chi connectivity index (χ2n) is 5.39. The number of benzene rings is 2. The number of sulfonamides is 1. The fraction of sp³-hybridized carbons (Fsp3) is 0.176. The average molecular weight is 432 g/mol. The van der Waals surface area contributed by atoms with Crippen LogP contribution in [0.2, 0.25) is 10.0 Å². The SMILES string of the molecule is [2H]c1cc(NC(=O)c2ccc(Cl)cc2Cl)ccc1S(=O)(=O)N[C@@H](C)C(=O)OC. The number of carbonyl (C=O) groups is 2. The number of hydrogen-bond donors (Lipinski definition) is 2. The fourth-order valence-electron chi connectivity index (χ4n) is 2.05. The molecule has 0 bridgehead atoms. The Morgan fingerprint density at radius 1 is 1.19 bits per heavy atom. The Morgan fingerprint density at radius 2 is 1.89 bits per heavy atom. The largest absolute Gasteiger partial charge is 0.468 e. The number of esters is 1. The van der Waals surface area contributed by atoms with E-state index in [1.54, 1.807) is 0 Å². The molecule has 2 N–H and O–H groups in total. The quantitative estimate of drug-likeness (QED) is 0.684. The number of anilines is 1. The molecule has 0 fully saturated rings. The van der Waals surface area contributed by atoms with Gasteiger partial charge in [0.05, 0.1) is 24.0 Å². The number of nitrogens with one attached hydrogen (secondary N) is 2. The zero-order chi connectivity index (χ0) is 21.1. The Labute approximate surface area is 168 Å². The normalized spacial score (nSPS) is 12.8. The summed E-state index contributed by atoms with van der Waals surface area (Å²) in [6.07, 6.45) is 0. The molecule has 1 atom stereocenters. The van der Waals surface area contributed by atoms with Crippen molar-refractivity contribution in [3.8, 4) is 0 Å². The van der Waals surface area contributed by atoms with Gasteiger partial charge in [0.25, 0.3) is 5.91 Å². The van der Waals surface area contributed by atoms with E-state index >= 15 is 0 Å². The molecule has 2 rings (SSSR count). The van der Waals surface area contributed by atoms with Crippen LogP contribution in [0.15, 0.2) is 47.3 Å². The molecule has 0 radical (unpaired) electrons. The van der Waals surface area contributed by atoms with E-state index in [1.165, 1.54) is 37.3 Å². The van der Waals surface area contributed by atoms with Crippen molar-refractivity contribution in [2.75, 3.05) is 12.4 Å². The summed E-state index contributed by atoms with van der Waals surface area (Å²) in [6.45, 7) is 1.32. The zero-order valence-electron chi connectivity index (χ0n) is 15.2. The van der Waals surface area contributed by atoms with Crippen LogP contribution in [0.25, 0.3) is 0 Å². The molecule has 27 heavy (non-hydrogen) atoms. The highest BCUT2D eigenvalue weighted by Gasteiger charge is 2.22. The van der Waals surface area contributed by atoms with E-state index < -0.39 is 27.9 Å². The third kappa shape index (κ3) is 5.43. The topological polar surface area (TPSA) is 102 Å². The predicted octanol–water partition coefficient (Wildman–Crippen LogP) is 3.09. The van der Waals surface area contributed by atoms with Crippen molar-refractivity contribution >= 4 is 50.8 Å². The van der Waals surface area contributed by atoms with E-state index in [2.05, 4.69) is 14.8 Å². The summed E-state index contributed by atoms with van der Waals surface area (Å²) in [4.78, 5) is 23.4. The summed E-state index contributed by atoms with van der Waals surface area (Å²) in [5.41, 5.74) is 0.365. The molecule has 0 heterocycles. The minimum absolute atomic E-state index is 0.149. The molecule has 0 aliphatic heterocycles. The predicted molar refractivity (Wildman–Crippen MR) is 103 cm³/mol. The van der Waals surface area contributed by atoms with Crippen LogP contribution in [0, 0.1) is 0 Å². The van der Waals surface area contributed by atoms with Gasteiger partial charge in [-0.1, -0.05) is 23.2 Å². The van der Waals surface area contributed by atoms with Gasteiger partial charge in [0, 0.05) is 10.7 Å². The molecule has 0 unspecified atom stereocenters. The first-order valence-electron chi connectivity index (χ1n) is 8.02. The van der Waals surface area contributed by atoms with Crippen LogP contribution in [0.5, 0.6) is 0 Å². The fourth-order valence-corrected chi connectivity index (χ4v) is 3.69. The Morgan fingerprint density at radius 3 is 2.48 bits per heavy atom. The highest BCUT2D eigenvalue weighted by atomic mass is 35.5. The molecule has 144 valence electrons. The lowest BCUT2D eigenvalue weighted by Gasteiger charge is -2.12. The van der Waals surface area contributed by atoms with Gasteiger partial charge in [0.2, 0.25) is 10.0 Å². The van der Waals surface area contributed by atoms with Crippen molar-refractivity contribution in [1.82, 2.24) is 4.72 Å². The average Bonchev–Trinajstić information content (AvgIpc) is 2.60. The molecule has 2 aromatic carbocycles. The Kier molecular flexibility index (Phi) is 6.33. The first-order valence-corrected chi connectivity index (χ1v) is 9.76. The summed E-state index contributed by atoms with van der Waals surface area (Å²) < 4.78 is 39.3. The van der Waals surface area contributed by atoms with Gasteiger partial charge < -0.3 is 10.1 Å². The van der Waals surface area contributed by atoms with Gasteiger partial charge in [-0.25, -0.2) is 8.42 Å². The van der Waals surface area contributed by atoms with Crippen molar-refractivity contribution in [3.63, 3.8) is 0 Å². The minimum Gasteiger partial charge on any atom is -0.468 e. The van der Waals surface area contributed by atoms with Gasteiger partial charge >= 0.3 is 5.97 Å². The van der Waals surface area contributed by atoms with Crippen molar-refractivity contribution < 1.29 is 24.1 Å². The maximum absolute atomic E-state index is 12.4. The summed E-state index contributed by atoms with van der Waals surface area (Å²) in [5, 5.41) is 3.05. The smallest absolute Gasteiger partial charge is 0.323 e. The maximum Gasteiger partial charge on any atom is 0.323 e. The van der Waals surface area contributed by atoms with Gasteiger partial charge in [0.1, 0.15) is 6.04 Å². The lowest BCUT2D eigenvalue weighted by Crippen LogP contribution is -2.39. The van der Waals surface area contributed by atoms with Crippen LogP contribution in [-0.2, 0) is 19.6 Å².